The van der Waals surface area contributed by atoms with Crippen LogP contribution in [-0.2, 0) is 4.79 Å². The number of aromatic carboxylic acids is 1. The Morgan fingerprint density at radius 2 is 2.04 bits per heavy atom. The summed E-state index contributed by atoms with van der Waals surface area (Å²) in [5.74, 6) is -2.85. The van der Waals surface area contributed by atoms with Crippen LogP contribution in [0.15, 0.2) is 17.1 Å². The zero-order valence-corrected chi connectivity index (χ0v) is 15.5. The van der Waals surface area contributed by atoms with E-state index in [0.29, 0.717) is 0 Å². The van der Waals surface area contributed by atoms with Gasteiger partial charge in [-0.25, -0.2) is 9.18 Å². The fourth-order valence-corrected chi connectivity index (χ4v) is 4.15. The zero-order chi connectivity index (χ0) is 20.4. The van der Waals surface area contributed by atoms with Crippen LogP contribution >= 0.6 is 11.6 Å². The summed E-state index contributed by atoms with van der Waals surface area (Å²) in [5, 5.41) is 9.22. The molecule has 1 saturated carbocycles. The number of primary amides is 1. The Hall–Kier alpha value is -2.65. The molecule has 1 atom stereocenters. The van der Waals surface area contributed by atoms with Crippen LogP contribution in [0, 0.1) is 5.82 Å². The van der Waals surface area contributed by atoms with E-state index < -0.39 is 34.2 Å². The molecule has 1 aliphatic carbocycles. The molecule has 8 nitrogen and oxygen atoms in total. The summed E-state index contributed by atoms with van der Waals surface area (Å²) >= 11 is 6.53. The summed E-state index contributed by atoms with van der Waals surface area (Å²) in [6.45, 7) is 0.258. The summed E-state index contributed by atoms with van der Waals surface area (Å²) in [6, 6.07) is 1.00. The standard InChI is InChI=1S/C18H18ClFN4O4/c19-12-13-9(15(25)10(16(26)27)6-24(13)8-1-2-8)5-11(20)14(12)23-4-3-18(22,7-23)17(21)28/h5-6,8H,1-4,7,22H2,(H2,21,28)(H,26,27). The van der Waals surface area contributed by atoms with E-state index in [2.05, 4.69) is 0 Å². The Kier molecular flexibility index (Phi) is 4.13. The molecule has 2 aliphatic rings. The van der Waals surface area contributed by atoms with Crippen molar-refractivity contribution in [1.82, 2.24) is 4.57 Å². The third kappa shape index (κ3) is 2.73. The molecule has 4 rings (SSSR count). The fraction of sp³-hybridized carbons (Fsp3) is 0.389. The number of hydrogen-bond acceptors (Lipinski definition) is 5. The third-order valence-electron chi connectivity index (χ3n) is 5.46. The van der Waals surface area contributed by atoms with Gasteiger partial charge in [-0.3, -0.25) is 9.59 Å². The maximum atomic E-state index is 15.0. The number of anilines is 1. The van der Waals surface area contributed by atoms with Gasteiger partial charge in [-0.05, 0) is 25.3 Å². The molecule has 0 spiro atoms. The van der Waals surface area contributed by atoms with Crippen molar-refractivity contribution in [2.45, 2.75) is 30.8 Å². The minimum absolute atomic E-state index is 0.00481. The lowest BCUT2D eigenvalue weighted by molar-refractivity contribution is -0.122. The summed E-state index contributed by atoms with van der Waals surface area (Å²) in [5.41, 5.74) is 9.15. The molecule has 10 heteroatoms. The van der Waals surface area contributed by atoms with E-state index in [-0.39, 0.29) is 47.2 Å². The number of hydrogen-bond donors (Lipinski definition) is 3. The normalized spacial score (nSPS) is 22.0. The first-order valence-corrected chi connectivity index (χ1v) is 9.15. The third-order valence-corrected chi connectivity index (χ3v) is 5.82. The predicted molar refractivity (Wildman–Crippen MR) is 101 cm³/mol. The average Bonchev–Trinajstić information content (AvgIpc) is 3.38. The van der Waals surface area contributed by atoms with Gasteiger partial charge in [0.2, 0.25) is 11.3 Å². The molecular weight excluding hydrogens is 391 g/mol. The molecule has 2 fully saturated rings. The van der Waals surface area contributed by atoms with Crippen LogP contribution in [0.25, 0.3) is 10.9 Å². The summed E-state index contributed by atoms with van der Waals surface area (Å²) in [4.78, 5) is 37.2. The maximum absolute atomic E-state index is 15.0. The van der Waals surface area contributed by atoms with Crippen molar-refractivity contribution < 1.29 is 19.1 Å². The van der Waals surface area contributed by atoms with E-state index in [1.54, 1.807) is 4.57 Å². The van der Waals surface area contributed by atoms with E-state index in [1.807, 2.05) is 0 Å². The number of nitrogens with two attached hydrogens (primary N) is 2. The second-order valence-electron chi connectivity index (χ2n) is 7.42. The molecule has 2 heterocycles. The predicted octanol–water partition coefficient (Wildman–Crippen LogP) is 1.22. The number of rotatable bonds is 4. The number of halogens is 2. The van der Waals surface area contributed by atoms with Gasteiger partial charge in [0.15, 0.2) is 0 Å². The second-order valence-corrected chi connectivity index (χ2v) is 7.80. The first-order chi connectivity index (χ1) is 13.1. The Bertz CT molecular complexity index is 1100. The highest BCUT2D eigenvalue weighted by Gasteiger charge is 2.41. The maximum Gasteiger partial charge on any atom is 0.341 e. The van der Waals surface area contributed by atoms with Crippen LogP contribution in [0.1, 0.15) is 35.7 Å². The molecular formula is C18H18ClFN4O4. The van der Waals surface area contributed by atoms with Crippen LogP contribution in [0.4, 0.5) is 10.1 Å². The number of fused-ring (bicyclic) bond motifs is 1. The van der Waals surface area contributed by atoms with Gasteiger partial charge < -0.3 is 26.0 Å². The van der Waals surface area contributed by atoms with Crippen molar-refractivity contribution in [2.75, 3.05) is 18.0 Å². The van der Waals surface area contributed by atoms with Gasteiger partial charge in [0, 0.05) is 25.3 Å². The zero-order valence-electron chi connectivity index (χ0n) is 14.7. The average molecular weight is 409 g/mol. The monoisotopic (exact) mass is 408 g/mol. The van der Waals surface area contributed by atoms with Crippen molar-refractivity contribution in [2.24, 2.45) is 11.5 Å². The highest BCUT2D eigenvalue weighted by Crippen LogP contribution is 2.43. The highest BCUT2D eigenvalue weighted by molar-refractivity contribution is 6.38. The number of carboxylic acid groups (broad SMARTS) is 1. The molecule has 0 bridgehead atoms. The number of nitrogens with zero attached hydrogens (tertiary/aromatic N) is 2. The van der Waals surface area contributed by atoms with Crippen molar-refractivity contribution in [3.8, 4) is 0 Å². The molecule has 1 unspecified atom stereocenters. The Balaban J connectivity index is 1.95. The van der Waals surface area contributed by atoms with Crippen LogP contribution in [0.5, 0.6) is 0 Å². The number of benzene rings is 1. The lowest BCUT2D eigenvalue weighted by atomic mass is 10.00. The first kappa shape index (κ1) is 18.7. The van der Waals surface area contributed by atoms with E-state index >= 15 is 0 Å². The van der Waals surface area contributed by atoms with Crippen LogP contribution in [0.2, 0.25) is 5.02 Å². The van der Waals surface area contributed by atoms with Crippen molar-refractivity contribution >= 4 is 40.1 Å². The van der Waals surface area contributed by atoms with Crippen molar-refractivity contribution in [3.63, 3.8) is 0 Å². The lowest BCUT2D eigenvalue weighted by Gasteiger charge is -2.25. The van der Waals surface area contributed by atoms with Gasteiger partial charge in [0.05, 0.1) is 21.6 Å². The van der Waals surface area contributed by atoms with Gasteiger partial charge in [-0.1, -0.05) is 11.6 Å². The minimum Gasteiger partial charge on any atom is -0.477 e. The van der Waals surface area contributed by atoms with Crippen molar-refractivity contribution in [1.29, 1.82) is 0 Å². The molecule has 1 aliphatic heterocycles. The topological polar surface area (TPSA) is 132 Å². The van der Waals surface area contributed by atoms with Gasteiger partial charge in [0.25, 0.3) is 0 Å². The quantitative estimate of drug-likeness (QED) is 0.697. The van der Waals surface area contributed by atoms with E-state index in [4.69, 9.17) is 23.1 Å². The highest BCUT2D eigenvalue weighted by atomic mass is 35.5. The molecule has 1 amide bonds. The molecule has 0 radical (unpaired) electrons. The molecule has 148 valence electrons. The molecule has 1 aromatic heterocycles. The van der Waals surface area contributed by atoms with E-state index in [9.17, 15) is 23.9 Å². The van der Waals surface area contributed by atoms with Gasteiger partial charge in [-0.2, -0.15) is 0 Å². The molecule has 2 aromatic rings. The van der Waals surface area contributed by atoms with Gasteiger partial charge in [0.1, 0.15) is 16.9 Å². The van der Waals surface area contributed by atoms with Gasteiger partial charge in [-0.15, -0.1) is 0 Å². The van der Waals surface area contributed by atoms with Crippen LogP contribution < -0.4 is 21.8 Å². The number of carbonyl (C=O) groups excluding carboxylic acids is 1. The summed E-state index contributed by atoms with van der Waals surface area (Å²) in [7, 11) is 0. The Labute approximate surface area is 163 Å². The lowest BCUT2D eigenvalue weighted by Crippen LogP contribution is -2.53. The number of aromatic nitrogens is 1. The minimum atomic E-state index is -1.38. The number of amides is 1. The van der Waals surface area contributed by atoms with Crippen LogP contribution in [-0.4, -0.2) is 40.2 Å². The number of pyridine rings is 1. The number of carboxylic acids is 1. The summed E-state index contributed by atoms with van der Waals surface area (Å²) in [6.07, 6.45) is 3.11. The number of carbonyl (C=O) groups is 2. The Morgan fingerprint density at radius 1 is 1.36 bits per heavy atom. The summed E-state index contributed by atoms with van der Waals surface area (Å²) < 4.78 is 16.6. The molecule has 5 N–H and O–H groups in total. The van der Waals surface area contributed by atoms with E-state index in [0.717, 1.165) is 18.9 Å². The smallest absolute Gasteiger partial charge is 0.341 e. The fourth-order valence-electron chi connectivity index (χ4n) is 3.74. The van der Waals surface area contributed by atoms with Crippen molar-refractivity contribution in [3.05, 3.63) is 38.9 Å². The molecule has 1 aromatic carbocycles. The first-order valence-electron chi connectivity index (χ1n) is 8.78. The molecule has 1 saturated heterocycles. The second kappa shape index (κ2) is 6.18. The van der Waals surface area contributed by atoms with Gasteiger partial charge >= 0.3 is 5.97 Å². The largest absolute Gasteiger partial charge is 0.477 e. The molecule has 28 heavy (non-hydrogen) atoms. The van der Waals surface area contributed by atoms with Crippen LogP contribution in [0.3, 0.4) is 0 Å². The van der Waals surface area contributed by atoms with E-state index in [1.165, 1.54) is 11.1 Å². The Morgan fingerprint density at radius 3 is 2.57 bits per heavy atom. The SMILES string of the molecule is NC(=O)C1(N)CCN(c2c(F)cc3c(=O)c(C(=O)O)cn(C4CC4)c3c2Cl)C1.